The number of methoxy groups -OCH3 is 1. The van der Waals surface area contributed by atoms with Crippen molar-refractivity contribution in [2.75, 3.05) is 26.8 Å². The SMILES string of the molecule is CCC(C(O)c1ccccc1)N1CCCC(COC)C1. The fourth-order valence-electron chi connectivity index (χ4n) is 3.32. The first-order valence-electron chi connectivity index (χ1n) is 7.72. The largest absolute Gasteiger partial charge is 0.387 e. The zero-order chi connectivity index (χ0) is 14.4. The third-order valence-electron chi connectivity index (χ3n) is 4.35. The second-order valence-electron chi connectivity index (χ2n) is 5.79. The van der Waals surface area contributed by atoms with Crippen LogP contribution in [0.15, 0.2) is 30.3 Å². The molecule has 3 heteroatoms. The molecule has 3 nitrogen and oxygen atoms in total. The maximum absolute atomic E-state index is 10.7. The third kappa shape index (κ3) is 3.81. The molecule has 2 rings (SSSR count). The fraction of sp³-hybridized carbons (Fsp3) is 0.647. The summed E-state index contributed by atoms with van der Waals surface area (Å²) in [5.41, 5.74) is 1.02. The zero-order valence-electron chi connectivity index (χ0n) is 12.7. The Morgan fingerprint density at radius 1 is 1.35 bits per heavy atom. The van der Waals surface area contributed by atoms with Gasteiger partial charge in [-0.2, -0.15) is 0 Å². The van der Waals surface area contributed by atoms with E-state index in [1.54, 1.807) is 7.11 Å². The molecule has 3 unspecified atom stereocenters. The minimum absolute atomic E-state index is 0.206. The van der Waals surface area contributed by atoms with Crippen molar-refractivity contribution in [3.05, 3.63) is 35.9 Å². The molecule has 0 spiro atoms. The molecule has 0 bridgehead atoms. The highest BCUT2D eigenvalue weighted by molar-refractivity contribution is 5.19. The van der Waals surface area contributed by atoms with E-state index in [1.807, 2.05) is 30.3 Å². The molecular formula is C17H27NO2. The van der Waals surface area contributed by atoms with Crippen molar-refractivity contribution in [1.29, 1.82) is 0 Å². The van der Waals surface area contributed by atoms with Crippen molar-refractivity contribution < 1.29 is 9.84 Å². The molecular weight excluding hydrogens is 250 g/mol. The van der Waals surface area contributed by atoms with Crippen LogP contribution in [0.1, 0.15) is 37.9 Å². The Morgan fingerprint density at radius 3 is 2.75 bits per heavy atom. The number of hydrogen-bond acceptors (Lipinski definition) is 3. The average molecular weight is 277 g/mol. The number of likely N-dealkylation sites (tertiary alicyclic amines) is 1. The third-order valence-corrected chi connectivity index (χ3v) is 4.35. The number of aliphatic hydroxyl groups is 1. The molecule has 0 saturated carbocycles. The van der Waals surface area contributed by atoms with Crippen LogP contribution >= 0.6 is 0 Å². The highest BCUT2D eigenvalue weighted by atomic mass is 16.5. The van der Waals surface area contributed by atoms with Gasteiger partial charge in [0.05, 0.1) is 12.7 Å². The van der Waals surface area contributed by atoms with Crippen molar-refractivity contribution in [1.82, 2.24) is 4.90 Å². The summed E-state index contributed by atoms with van der Waals surface area (Å²) in [4.78, 5) is 2.45. The van der Waals surface area contributed by atoms with Crippen LogP contribution in [0.2, 0.25) is 0 Å². The number of piperidine rings is 1. The van der Waals surface area contributed by atoms with Gasteiger partial charge in [0, 0.05) is 19.7 Å². The molecule has 1 aromatic rings. The molecule has 112 valence electrons. The summed E-state index contributed by atoms with van der Waals surface area (Å²) in [6, 6.07) is 10.2. The lowest BCUT2D eigenvalue weighted by Gasteiger charge is -2.40. The Kier molecular flexibility index (Phi) is 6.02. The van der Waals surface area contributed by atoms with Crippen molar-refractivity contribution in [3.63, 3.8) is 0 Å². The van der Waals surface area contributed by atoms with Gasteiger partial charge in [-0.15, -0.1) is 0 Å². The van der Waals surface area contributed by atoms with Crippen LogP contribution < -0.4 is 0 Å². The predicted octanol–water partition coefficient (Wildman–Crippen LogP) is 2.86. The Balaban J connectivity index is 2.03. The summed E-state index contributed by atoms with van der Waals surface area (Å²) in [6.45, 7) is 5.12. The van der Waals surface area contributed by atoms with E-state index in [1.165, 1.54) is 12.8 Å². The molecule has 0 aromatic heterocycles. The Bertz CT molecular complexity index is 380. The van der Waals surface area contributed by atoms with Gasteiger partial charge in [-0.25, -0.2) is 0 Å². The van der Waals surface area contributed by atoms with Crippen LogP contribution in [0.25, 0.3) is 0 Å². The molecule has 3 atom stereocenters. The van der Waals surface area contributed by atoms with Crippen molar-refractivity contribution >= 4 is 0 Å². The Labute approximate surface area is 122 Å². The van der Waals surface area contributed by atoms with Gasteiger partial charge in [-0.05, 0) is 37.3 Å². The summed E-state index contributed by atoms with van der Waals surface area (Å²) in [7, 11) is 1.77. The van der Waals surface area contributed by atoms with E-state index in [2.05, 4.69) is 11.8 Å². The second-order valence-corrected chi connectivity index (χ2v) is 5.79. The topological polar surface area (TPSA) is 32.7 Å². The maximum Gasteiger partial charge on any atom is 0.0945 e. The number of benzene rings is 1. The molecule has 1 heterocycles. The molecule has 1 N–H and O–H groups in total. The summed E-state index contributed by atoms with van der Waals surface area (Å²) in [5, 5.41) is 10.7. The lowest BCUT2D eigenvalue weighted by Crippen LogP contribution is -2.46. The fourth-order valence-corrected chi connectivity index (χ4v) is 3.32. The van der Waals surface area contributed by atoms with E-state index < -0.39 is 6.10 Å². The maximum atomic E-state index is 10.7. The summed E-state index contributed by atoms with van der Waals surface area (Å²) in [6.07, 6.45) is 3.01. The normalized spacial score (nSPS) is 23.4. The van der Waals surface area contributed by atoms with E-state index in [-0.39, 0.29) is 6.04 Å². The molecule has 0 amide bonds. The molecule has 0 radical (unpaired) electrons. The van der Waals surface area contributed by atoms with Gasteiger partial charge in [0.1, 0.15) is 0 Å². The van der Waals surface area contributed by atoms with E-state index >= 15 is 0 Å². The first kappa shape index (κ1) is 15.5. The number of aliphatic hydroxyl groups excluding tert-OH is 1. The van der Waals surface area contributed by atoms with E-state index in [9.17, 15) is 5.11 Å². The summed E-state index contributed by atoms with van der Waals surface area (Å²) in [5.74, 6) is 0.603. The van der Waals surface area contributed by atoms with Crippen LogP contribution in [0.5, 0.6) is 0 Å². The average Bonchev–Trinajstić information content (AvgIpc) is 2.49. The standard InChI is InChI=1S/C17H27NO2/c1-3-16(17(19)15-9-5-4-6-10-15)18-11-7-8-14(12-18)13-20-2/h4-6,9-10,14,16-17,19H,3,7-8,11-13H2,1-2H3. The molecule has 1 saturated heterocycles. The van der Waals surface area contributed by atoms with Crippen molar-refractivity contribution in [3.8, 4) is 0 Å². The number of nitrogens with zero attached hydrogens (tertiary/aromatic N) is 1. The van der Waals surface area contributed by atoms with E-state index in [0.29, 0.717) is 5.92 Å². The second kappa shape index (κ2) is 7.77. The minimum Gasteiger partial charge on any atom is -0.387 e. The molecule has 1 fully saturated rings. The van der Waals surface area contributed by atoms with Crippen molar-refractivity contribution in [2.24, 2.45) is 5.92 Å². The summed E-state index contributed by atoms with van der Waals surface area (Å²) < 4.78 is 5.30. The van der Waals surface area contributed by atoms with Crippen LogP contribution in [0.3, 0.4) is 0 Å². The molecule has 1 aliphatic rings. The lowest BCUT2D eigenvalue weighted by molar-refractivity contribution is 0.00746. The van der Waals surface area contributed by atoms with Gasteiger partial charge >= 0.3 is 0 Å². The van der Waals surface area contributed by atoms with Gasteiger partial charge in [-0.3, -0.25) is 4.90 Å². The van der Waals surface area contributed by atoms with Gasteiger partial charge in [0.2, 0.25) is 0 Å². The Hall–Kier alpha value is -0.900. The van der Waals surface area contributed by atoms with Crippen LogP contribution in [0.4, 0.5) is 0 Å². The number of rotatable bonds is 6. The lowest BCUT2D eigenvalue weighted by atomic mass is 9.93. The smallest absolute Gasteiger partial charge is 0.0945 e. The molecule has 1 aromatic carbocycles. The van der Waals surface area contributed by atoms with E-state index in [4.69, 9.17) is 4.74 Å². The van der Waals surface area contributed by atoms with E-state index in [0.717, 1.165) is 31.7 Å². The molecule has 20 heavy (non-hydrogen) atoms. The zero-order valence-corrected chi connectivity index (χ0v) is 12.7. The monoisotopic (exact) mass is 277 g/mol. The Morgan fingerprint density at radius 2 is 2.10 bits per heavy atom. The van der Waals surface area contributed by atoms with Crippen molar-refractivity contribution in [2.45, 2.75) is 38.3 Å². The number of ether oxygens (including phenoxy) is 1. The molecule has 0 aliphatic carbocycles. The summed E-state index contributed by atoms with van der Waals surface area (Å²) >= 11 is 0. The van der Waals surface area contributed by atoms with Crippen LogP contribution in [0, 0.1) is 5.92 Å². The van der Waals surface area contributed by atoms with Crippen LogP contribution in [-0.4, -0.2) is 42.9 Å². The van der Waals surface area contributed by atoms with Gasteiger partial charge in [-0.1, -0.05) is 37.3 Å². The highest BCUT2D eigenvalue weighted by Gasteiger charge is 2.29. The number of hydrogen-bond donors (Lipinski definition) is 1. The van der Waals surface area contributed by atoms with Gasteiger partial charge in [0.25, 0.3) is 0 Å². The minimum atomic E-state index is -0.400. The van der Waals surface area contributed by atoms with Gasteiger partial charge < -0.3 is 9.84 Å². The van der Waals surface area contributed by atoms with Gasteiger partial charge in [0.15, 0.2) is 0 Å². The first-order chi connectivity index (χ1) is 9.76. The highest BCUT2D eigenvalue weighted by Crippen LogP contribution is 2.27. The molecule has 1 aliphatic heterocycles. The quantitative estimate of drug-likeness (QED) is 0.868. The first-order valence-corrected chi connectivity index (χ1v) is 7.72. The predicted molar refractivity (Wildman–Crippen MR) is 81.7 cm³/mol. The van der Waals surface area contributed by atoms with Crippen LogP contribution in [-0.2, 0) is 4.74 Å².